The zero-order valence-corrected chi connectivity index (χ0v) is 14.3. The van der Waals surface area contributed by atoms with Crippen LogP contribution in [0, 0.1) is 16.0 Å². The molecule has 7 heteroatoms. The molecule has 2 atom stereocenters. The summed E-state index contributed by atoms with van der Waals surface area (Å²) in [6.07, 6.45) is 4.71. The Morgan fingerprint density at radius 1 is 1.52 bits per heavy atom. The van der Waals surface area contributed by atoms with Crippen molar-refractivity contribution in [2.45, 2.75) is 57.8 Å². The van der Waals surface area contributed by atoms with Gasteiger partial charge in [0.25, 0.3) is 0 Å². The number of rotatable bonds is 7. The van der Waals surface area contributed by atoms with E-state index in [2.05, 4.69) is 24.4 Å². The van der Waals surface area contributed by atoms with Crippen LogP contribution < -0.4 is 0 Å². The van der Waals surface area contributed by atoms with Gasteiger partial charge in [-0.3, -0.25) is 14.9 Å². The average molecular weight is 315 g/mol. The van der Waals surface area contributed by atoms with Crippen LogP contribution in [-0.4, -0.2) is 32.4 Å². The van der Waals surface area contributed by atoms with Crippen molar-refractivity contribution >= 4 is 14.3 Å². The molecule has 0 aromatic heterocycles. The molecule has 0 fully saturated rings. The van der Waals surface area contributed by atoms with E-state index in [-0.39, 0.29) is 23.7 Å². The maximum Gasteiger partial charge on any atom is 0.305 e. The molecule has 0 heterocycles. The fourth-order valence-electron chi connectivity index (χ4n) is 2.54. The van der Waals surface area contributed by atoms with Crippen molar-refractivity contribution in [2.75, 3.05) is 7.11 Å². The van der Waals surface area contributed by atoms with Crippen LogP contribution in [0.4, 0.5) is 0 Å². The molecule has 0 radical (unpaired) electrons. The summed E-state index contributed by atoms with van der Waals surface area (Å²) >= 11 is 0. The van der Waals surface area contributed by atoms with E-state index in [0.717, 1.165) is 25.0 Å². The van der Waals surface area contributed by atoms with Crippen LogP contribution in [0.2, 0.25) is 19.6 Å². The van der Waals surface area contributed by atoms with Crippen LogP contribution in [-0.2, 0) is 14.0 Å². The summed E-state index contributed by atoms with van der Waals surface area (Å²) in [5.41, 5.74) is 0. The number of methoxy groups -OCH3 is 1. The van der Waals surface area contributed by atoms with Crippen molar-refractivity contribution in [1.82, 2.24) is 0 Å². The first kappa shape index (κ1) is 17.7. The molecule has 0 saturated carbocycles. The smallest absolute Gasteiger partial charge is 0.305 e. The predicted molar refractivity (Wildman–Crippen MR) is 81.9 cm³/mol. The van der Waals surface area contributed by atoms with Crippen LogP contribution in [0.25, 0.3) is 0 Å². The third-order valence-corrected chi connectivity index (χ3v) is 4.31. The fraction of sp³-hybridized carbons (Fsp3) is 0.786. The summed E-state index contributed by atoms with van der Waals surface area (Å²) < 4.78 is 10.5. The first-order valence-corrected chi connectivity index (χ1v) is 10.7. The lowest BCUT2D eigenvalue weighted by Crippen LogP contribution is -2.32. The van der Waals surface area contributed by atoms with Gasteiger partial charge < -0.3 is 9.16 Å². The molecule has 6 nitrogen and oxygen atoms in total. The molecule has 0 saturated heterocycles. The minimum absolute atomic E-state index is 0.0801. The Bertz CT molecular complexity index is 416. The Kier molecular flexibility index (Phi) is 6.38. The van der Waals surface area contributed by atoms with Crippen LogP contribution in [0.15, 0.2) is 11.8 Å². The molecule has 120 valence electrons. The average Bonchev–Trinajstić information content (AvgIpc) is 2.36. The number of hydrogen-bond donors (Lipinski definition) is 0. The van der Waals surface area contributed by atoms with Crippen LogP contribution >= 0.6 is 0 Å². The largest absolute Gasteiger partial charge is 0.548 e. The van der Waals surface area contributed by atoms with Crippen molar-refractivity contribution in [3.63, 3.8) is 0 Å². The molecule has 0 aliphatic heterocycles. The zero-order valence-electron chi connectivity index (χ0n) is 13.3. The van der Waals surface area contributed by atoms with Crippen LogP contribution in [0.1, 0.15) is 32.1 Å². The lowest BCUT2D eigenvalue weighted by molar-refractivity contribution is -0.531. The summed E-state index contributed by atoms with van der Waals surface area (Å²) in [6.45, 7) is 6.29. The Balaban J connectivity index is 2.75. The Morgan fingerprint density at radius 3 is 2.71 bits per heavy atom. The second-order valence-corrected chi connectivity index (χ2v) is 10.8. The zero-order chi connectivity index (χ0) is 16.0. The summed E-state index contributed by atoms with van der Waals surface area (Å²) in [6, 6.07) is -0.746. The lowest BCUT2D eigenvalue weighted by atomic mass is 9.86. The van der Waals surface area contributed by atoms with Crippen molar-refractivity contribution in [1.29, 1.82) is 0 Å². The highest BCUT2D eigenvalue weighted by Gasteiger charge is 2.33. The highest BCUT2D eigenvalue weighted by Crippen LogP contribution is 2.30. The number of carbonyl (C=O) groups excluding carboxylic acids is 1. The second kappa shape index (κ2) is 7.58. The lowest BCUT2D eigenvalue weighted by Gasteiger charge is -2.28. The van der Waals surface area contributed by atoms with Gasteiger partial charge in [0.15, 0.2) is 0 Å². The first-order valence-electron chi connectivity index (χ1n) is 7.33. The minimum Gasteiger partial charge on any atom is -0.548 e. The molecular weight excluding hydrogens is 290 g/mol. The number of nitrogens with zero attached hydrogens (tertiary/aromatic N) is 1. The topological polar surface area (TPSA) is 78.7 Å². The standard InChI is InChI=1S/C14H25NO5Si/c1-19-14(16)9-8-13(15(17)18)11-6-5-7-12(10-11)20-21(2,3)4/h10-11,13H,5-9H2,1-4H3/t11-,13+/m1/s1. The molecule has 1 aliphatic rings. The van der Waals surface area contributed by atoms with Gasteiger partial charge in [0.2, 0.25) is 14.4 Å². The Morgan fingerprint density at radius 2 is 2.19 bits per heavy atom. The maximum atomic E-state index is 11.3. The summed E-state index contributed by atoms with van der Waals surface area (Å²) in [4.78, 5) is 22.2. The van der Waals surface area contributed by atoms with Gasteiger partial charge in [-0.25, -0.2) is 0 Å². The Hall–Kier alpha value is -1.37. The van der Waals surface area contributed by atoms with Gasteiger partial charge in [-0.15, -0.1) is 0 Å². The number of hydrogen-bond acceptors (Lipinski definition) is 5. The number of carbonyl (C=O) groups is 1. The van der Waals surface area contributed by atoms with Crippen LogP contribution in [0.5, 0.6) is 0 Å². The highest BCUT2D eigenvalue weighted by molar-refractivity contribution is 6.70. The molecule has 0 aromatic rings. The predicted octanol–water partition coefficient (Wildman–Crippen LogP) is 3.12. The number of allylic oxidation sites excluding steroid dienone is 1. The van der Waals surface area contributed by atoms with Gasteiger partial charge >= 0.3 is 5.97 Å². The number of ether oxygens (including phenoxy) is 1. The summed E-state index contributed by atoms with van der Waals surface area (Å²) in [5.74, 6) is 0.320. The van der Waals surface area contributed by atoms with Gasteiger partial charge in [0, 0.05) is 23.7 Å². The fourth-order valence-corrected chi connectivity index (χ4v) is 3.50. The van der Waals surface area contributed by atoms with Gasteiger partial charge in [0.05, 0.1) is 19.3 Å². The molecular formula is C14H25NO5Si. The van der Waals surface area contributed by atoms with E-state index in [1.54, 1.807) is 0 Å². The molecule has 0 bridgehead atoms. The summed E-state index contributed by atoms with van der Waals surface area (Å²) in [5, 5.41) is 11.3. The van der Waals surface area contributed by atoms with E-state index in [1.165, 1.54) is 7.11 Å². The minimum atomic E-state index is -1.69. The van der Waals surface area contributed by atoms with Crippen molar-refractivity contribution < 1.29 is 18.9 Å². The van der Waals surface area contributed by atoms with E-state index in [1.807, 2.05) is 6.08 Å². The molecule has 0 N–H and O–H groups in total. The van der Waals surface area contributed by atoms with Gasteiger partial charge in [-0.1, -0.05) is 0 Å². The molecule has 0 spiro atoms. The Labute approximate surface area is 126 Å². The molecule has 0 unspecified atom stereocenters. The number of nitro groups is 1. The van der Waals surface area contributed by atoms with Crippen LogP contribution in [0.3, 0.4) is 0 Å². The third kappa shape index (κ3) is 6.28. The normalized spacial score (nSPS) is 20.4. The van der Waals surface area contributed by atoms with Gasteiger partial charge in [-0.2, -0.15) is 0 Å². The van der Waals surface area contributed by atoms with Crippen molar-refractivity contribution in [3.8, 4) is 0 Å². The molecule has 1 rings (SSSR count). The highest BCUT2D eigenvalue weighted by atomic mass is 28.4. The maximum absolute atomic E-state index is 11.3. The molecule has 21 heavy (non-hydrogen) atoms. The monoisotopic (exact) mass is 315 g/mol. The molecule has 0 aromatic carbocycles. The van der Waals surface area contributed by atoms with Gasteiger partial charge in [-0.05, 0) is 38.6 Å². The first-order chi connectivity index (χ1) is 9.73. The third-order valence-electron chi connectivity index (χ3n) is 3.43. The van der Waals surface area contributed by atoms with Crippen molar-refractivity contribution in [3.05, 3.63) is 21.9 Å². The molecule has 0 amide bonds. The van der Waals surface area contributed by atoms with Gasteiger partial charge in [0.1, 0.15) is 0 Å². The molecule has 1 aliphatic carbocycles. The van der Waals surface area contributed by atoms with E-state index >= 15 is 0 Å². The van der Waals surface area contributed by atoms with E-state index < -0.39 is 20.3 Å². The summed E-state index contributed by atoms with van der Waals surface area (Å²) in [7, 11) is -0.395. The number of esters is 1. The van der Waals surface area contributed by atoms with E-state index in [4.69, 9.17) is 4.43 Å². The second-order valence-electron chi connectivity index (χ2n) is 6.37. The van der Waals surface area contributed by atoms with E-state index in [9.17, 15) is 14.9 Å². The van der Waals surface area contributed by atoms with E-state index in [0.29, 0.717) is 0 Å². The SMILES string of the molecule is COC(=O)CC[C@@H]([C@H]1C=C(O[Si](C)(C)C)CCC1)[N+](=O)[O-]. The quantitative estimate of drug-likeness (QED) is 0.312. The van der Waals surface area contributed by atoms with Crippen molar-refractivity contribution in [2.24, 2.45) is 5.92 Å².